The zero-order valence-corrected chi connectivity index (χ0v) is 16.7. The highest BCUT2D eigenvalue weighted by atomic mass is 16.2. The lowest BCUT2D eigenvalue weighted by Crippen LogP contribution is -2.50. The van der Waals surface area contributed by atoms with Gasteiger partial charge < -0.3 is 15.5 Å². The maximum atomic E-state index is 13.4. The van der Waals surface area contributed by atoms with Gasteiger partial charge in [0, 0.05) is 32.4 Å². The molecule has 1 unspecified atom stereocenters. The Morgan fingerprint density at radius 3 is 2.79 bits per heavy atom. The Labute approximate surface area is 167 Å². The molecular formula is C22H32N4O2. The minimum atomic E-state index is -0.465. The summed E-state index contributed by atoms with van der Waals surface area (Å²) >= 11 is 0. The zero-order valence-electron chi connectivity index (χ0n) is 16.7. The Morgan fingerprint density at radius 2 is 2.00 bits per heavy atom. The molecule has 152 valence electrons. The summed E-state index contributed by atoms with van der Waals surface area (Å²) in [5.74, 6) is 1.27. The summed E-state index contributed by atoms with van der Waals surface area (Å²) in [6, 6.07) is 3.45. The fraction of sp³-hybridized carbons (Fsp3) is 0.682. The van der Waals surface area contributed by atoms with E-state index in [1.54, 1.807) is 18.3 Å². The molecule has 2 saturated heterocycles. The number of aromatic nitrogens is 1. The van der Waals surface area contributed by atoms with Crippen molar-refractivity contribution in [2.75, 3.05) is 31.1 Å². The van der Waals surface area contributed by atoms with Gasteiger partial charge in [0.1, 0.15) is 5.82 Å². The van der Waals surface area contributed by atoms with Gasteiger partial charge >= 0.3 is 0 Å². The summed E-state index contributed by atoms with van der Waals surface area (Å²) < 4.78 is 0. The van der Waals surface area contributed by atoms with Crippen LogP contribution in [0.4, 0.5) is 5.82 Å². The Bertz CT molecular complexity index is 731. The van der Waals surface area contributed by atoms with Crippen molar-refractivity contribution >= 4 is 17.6 Å². The van der Waals surface area contributed by atoms with Crippen LogP contribution in [-0.4, -0.2) is 47.9 Å². The summed E-state index contributed by atoms with van der Waals surface area (Å²) in [6.07, 6.45) is 12.4. The molecule has 1 atom stereocenters. The average Bonchev–Trinajstić information content (AvgIpc) is 3.15. The summed E-state index contributed by atoms with van der Waals surface area (Å²) in [6.45, 7) is 3.19. The number of amides is 2. The lowest BCUT2D eigenvalue weighted by atomic mass is 9.78. The molecule has 0 radical (unpaired) electrons. The second-order valence-electron chi connectivity index (χ2n) is 8.88. The van der Waals surface area contributed by atoms with E-state index in [9.17, 15) is 9.59 Å². The van der Waals surface area contributed by atoms with E-state index in [-0.39, 0.29) is 5.41 Å². The molecule has 0 bridgehead atoms. The standard InChI is InChI=1S/C22H32N4O2/c23-19(27)18-8-4-12-24-20(18)26-15-11-22(16-26)10-5-13-25(21(22)28)14-9-17-6-2-1-3-7-17/h4,8,12,17H,1-3,5-7,9-11,13-16H2,(H2,23,27). The molecule has 2 amide bonds. The van der Waals surface area contributed by atoms with E-state index >= 15 is 0 Å². The number of nitrogens with zero attached hydrogens (tertiary/aromatic N) is 3. The Balaban J connectivity index is 1.43. The SMILES string of the molecule is NC(=O)c1cccnc1N1CCC2(CCCN(CCC3CCCCC3)C2=O)C1. The maximum absolute atomic E-state index is 13.4. The van der Waals surface area contributed by atoms with Gasteiger partial charge in [0.15, 0.2) is 0 Å². The molecule has 1 spiro atoms. The summed E-state index contributed by atoms with van der Waals surface area (Å²) in [4.78, 5) is 33.8. The van der Waals surface area contributed by atoms with Gasteiger partial charge in [0.2, 0.25) is 5.91 Å². The van der Waals surface area contributed by atoms with Crippen LogP contribution in [0.25, 0.3) is 0 Å². The largest absolute Gasteiger partial charge is 0.365 e. The van der Waals surface area contributed by atoms with Crippen LogP contribution in [0.5, 0.6) is 0 Å². The molecule has 6 heteroatoms. The van der Waals surface area contributed by atoms with Crippen LogP contribution < -0.4 is 10.6 Å². The molecule has 0 aromatic carbocycles. The van der Waals surface area contributed by atoms with Crippen molar-refractivity contribution < 1.29 is 9.59 Å². The van der Waals surface area contributed by atoms with E-state index in [1.807, 2.05) is 0 Å². The van der Waals surface area contributed by atoms with Crippen LogP contribution in [0.1, 0.15) is 68.1 Å². The third kappa shape index (κ3) is 3.74. The zero-order chi connectivity index (χ0) is 19.6. The number of primary amides is 1. The van der Waals surface area contributed by atoms with Crippen LogP contribution in [0.2, 0.25) is 0 Å². The van der Waals surface area contributed by atoms with Crippen molar-refractivity contribution in [3.8, 4) is 0 Å². The number of pyridine rings is 1. The molecule has 3 aliphatic rings. The molecule has 1 saturated carbocycles. The first-order valence-electron chi connectivity index (χ1n) is 10.9. The lowest BCUT2D eigenvalue weighted by molar-refractivity contribution is -0.145. The number of rotatable bonds is 5. The van der Waals surface area contributed by atoms with E-state index in [2.05, 4.69) is 14.8 Å². The van der Waals surface area contributed by atoms with Gasteiger partial charge in [-0.2, -0.15) is 0 Å². The summed E-state index contributed by atoms with van der Waals surface area (Å²) in [7, 11) is 0. The van der Waals surface area contributed by atoms with Crippen molar-refractivity contribution in [3.63, 3.8) is 0 Å². The van der Waals surface area contributed by atoms with Crippen molar-refractivity contribution in [2.24, 2.45) is 17.1 Å². The highest BCUT2D eigenvalue weighted by molar-refractivity contribution is 5.98. The molecule has 6 nitrogen and oxygen atoms in total. The first-order chi connectivity index (χ1) is 13.6. The predicted molar refractivity (Wildman–Crippen MR) is 109 cm³/mol. The van der Waals surface area contributed by atoms with Gasteiger partial charge in [-0.1, -0.05) is 32.1 Å². The van der Waals surface area contributed by atoms with Gasteiger partial charge in [-0.05, 0) is 43.7 Å². The van der Waals surface area contributed by atoms with Crippen molar-refractivity contribution in [3.05, 3.63) is 23.9 Å². The first kappa shape index (κ1) is 19.2. The molecule has 28 heavy (non-hydrogen) atoms. The van der Waals surface area contributed by atoms with Gasteiger partial charge in [0.05, 0.1) is 11.0 Å². The number of likely N-dealkylation sites (tertiary alicyclic amines) is 1. The van der Waals surface area contributed by atoms with Crippen LogP contribution in [0.15, 0.2) is 18.3 Å². The average molecular weight is 385 g/mol. The number of hydrogen-bond acceptors (Lipinski definition) is 4. The fourth-order valence-electron chi connectivity index (χ4n) is 5.45. The van der Waals surface area contributed by atoms with Gasteiger partial charge in [-0.15, -0.1) is 0 Å². The quantitative estimate of drug-likeness (QED) is 0.846. The molecule has 3 heterocycles. The van der Waals surface area contributed by atoms with Crippen LogP contribution in [0, 0.1) is 11.3 Å². The topological polar surface area (TPSA) is 79.5 Å². The number of piperidine rings is 1. The Hall–Kier alpha value is -2.11. The Kier molecular flexibility index (Phi) is 5.56. The van der Waals surface area contributed by atoms with Gasteiger partial charge in [-0.25, -0.2) is 4.98 Å². The van der Waals surface area contributed by atoms with Gasteiger partial charge in [0.25, 0.3) is 5.91 Å². The first-order valence-corrected chi connectivity index (χ1v) is 10.9. The fourth-order valence-corrected chi connectivity index (χ4v) is 5.45. The van der Waals surface area contributed by atoms with E-state index in [0.29, 0.717) is 23.8 Å². The number of carbonyl (C=O) groups excluding carboxylic acids is 2. The van der Waals surface area contributed by atoms with E-state index in [4.69, 9.17) is 5.73 Å². The van der Waals surface area contributed by atoms with Crippen LogP contribution in [-0.2, 0) is 4.79 Å². The second kappa shape index (κ2) is 8.10. The van der Waals surface area contributed by atoms with Crippen molar-refractivity contribution in [1.29, 1.82) is 0 Å². The number of nitrogens with two attached hydrogens (primary N) is 1. The minimum absolute atomic E-state index is 0.314. The third-order valence-electron chi connectivity index (χ3n) is 7.06. The van der Waals surface area contributed by atoms with Gasteiger partial charge in [-0.3, -0.25) is 9.59 Å². The molecule has 1 aromatic heterocycles. The van der Waals surface area contributed by atoms with Crippen molar-refractivity contribution in [2.45, 2.75) is 57.8 Å². The van der Waals surface area contributed by atoms with Crippen LogP contribution >= 0.6 is 0 Å². The van der Waals surface area contributed by atoms with Crippen molar-refractivity contribution in [1.82, 2.24) is 9.88 Å². The summed E-state index contributed by atoms with van der Waals surface area (Å²) in [5, 5.41) is 0. The monoisotopic (exact) mass is 384 g/mol. The predicted octanol–water partition coefficient (Wildman–Crippen LogP) is 2.97. The molecule has 2 N–H and O–H groups in total. The third-order valence-corrected chi connectivity index (χ3v) is 7.06. The smallest absolute Gasteiger partial charge is 0.252 e. The Morgan fingerprint density at radius 1 is 1.18 bits per heavy atom. The van der Waals surface area contributed by atoms with E-state index < -0.39 is 5.91 Å². The van der Waals surface area contributed by atoms with E-state index in [0.717, 1.165) is 51.2 Å². The molecular weight excluding hydrogens is 352 g/mol. The lowest BCUT2D eigenvalue weighted by Gasteiger charge is -2.40. The number of carbonyl (C=O) groups is 2. The minimum Gasteiger partial charge on any atom is -0.365 e. The molecule has 2 aliphatic heterocycles. The maximum Gasteiger partial charge on any atom is 0.252 e. The molecule has 1 aliphatic carbocycles. The highest BCUT2D eigenvalue weighted by Crippen LogP contribution is 2.42. The second-order valence-corrected chi connectivity index (χ2v) is 8.88. The molecule has 3 fully saturated rings. The van der Waals surface area contributed by atoms with E-state index in [1.165, 1.54) is 32.1 Å². The number of anilines is 1. The normalized spacial score (nSPS) is 26.2. The molecule has 1 aromatic rings. The molecule has 4 rings (SSSR count). The number of hydrogen-bond donors (Lipinski definition) is 1. The van der Waals surface area contributed by atoms with Crippen LogP contribution in [0.3, 0.4) is 0 Å². The summed E-state index contributed by atoms with van der Waals surface area (Å²) in [5.41, 5.74) is 5.65. The highest BCUT2D eigenvalue weighted by Gasteiger charge is 2.48.